The van der Waals surface area contributed by atoms with Crippen molar-refractivity contribution in [3.05, 3.63) is 77.9 Å². The van der Waals surface area contributed by atoms with Crippen LogP contribution in [0.4, 0.5) is 0 Å². The lowest BCUT2D eigenvalue weighted by Crippen LogP contribution is -2.51. The van der Waals surface area contributed by atoms with Gasteiger partial charge in [0.2, 0.25) is 0 Å². The Bertz CT molecular complexity index is 1320. The second-order valence-corrected chi connectivity index (χ2v) is 8.33. The number of hydrogen-bond acceptors (Lipinski definition) is 6. The molecule has 1 saturated heterocycles. The summed E-state index contributed by atoms with van der Waals surface area (Å²) in [5, 5.41) is 6.21. The third-order valence-corrected chi connectivity index (χ3v) is 5.81. The highest BCUT2D eigenvalue weighted by Crippen LogP contribution is 2.27. The van der Waals surface area contributed by atoms with Gasteiger partial charge in [-0.2, -0.15) is 8.42 Å². The van der Waals surface area contributed by atoms with E-state index in [1.807, 2.05) is 18.2 Å². The van der Waals surface area contributed by atoms with E-state index in [0.29, 0.717) is 0 Å². The van der Waals surface area contributed by atoms with Crippen LogP contribution in [0.1, 0.15) is 5.56 Å². The van der Waals surface area contributed by atoms with Crippen molar-refractivity contribution in [2.45, 2.75) is 4.90 Å². The molecule has 3 aromatic rings. The molecule has 2 amide bonds. The maximum atomic E-state index is 12.8. The van der Waals surface area contributed by atoms with Crippen molar-refractivity contribution < 1.29 is 22.2 Å². The number of fused-ring (bicyclic) bond motifs is 1. The number of para-hydroxylation sites is 1. The van der Waals surface area contributed by atoms with Gasteiger partial charge in [-0.1, -0.05) is 48.5 Å². The van der Waals surface area contributed by atoms with Gasteiger partial charge in [0, 0.05) is 5.56 Å². The summed E-state index contributed by atoms with van der Waals surface area (Å²) in [4.78, 5) is 24.1. The highest BCUT2D eigenvalue weighted by molar-refractivity contribution is 7.87. The predicted octanol–water partition coefficient (Wildman–Crippen LogP) is 2.52. The number of thiocarbonyl (C=S) groups is 1. The van der Waals surface area contributed by atoms with Crippen molar-refractivity contribution in [1.29, 1.82) is 0 Å². The van der Waals surface area contributed by atoms with Crippen molar-refractivity contribution in [1.82, 2.24) is 10.6 Å². The first-order valence-electron chi connectivity index (χ1n) is 8.74. The smallest absolute Gasteiger partial charge is 0.339 e. The third-order valence-electron chi connectivity index (χ3n) is 4.37. The van der Waals surface area contributed by atoms with Crippen LogP contribution in [-0.4, -0.2) is 25.3 Å². The first-order valence-corrected chi connectivity index (χ1v) is 10.6. The molecule has 4 rings (SSSR count). The first kappa shape index (κ1) is 19.7. The molecule has 0 bridgehead atoms. The highest BCUT2D eigenvalue weighted by Gasteiger charge is 2.26. The predicted molar refractivity (Wildman–Crippen MR) is 115 cm³/mol. The maximum absolute atomic E-state index is 12.8. The molecule has 3 aromatic carbocycles. The molecule has 0 radical (unpaired) electrons. The van der Waals surface area contributed by atoms with Crippen molar-refractivity contribution >= 4 is 56.1 Å². The Labute approximate surface area is 177 Å². The van der Waals surface area contributed by atoms with Crippen molar-refractivity contribution in [2.75, 3.05) is 0 Å². The Kier molecular flexibility index (Phi) is 5.06. The van der Waals surface area contributed by atoms with Crippen LogP contribution in [0, 0.1) is 0 Å². The van der Waals surface area contributed by atoms with Crippen molar-refractivity contribution in [3.63, 3.8) is 0 Å². The van der Waals surface area contributed by atoms with Crippen LogP contribution in [0.15, 0.2) is 77.2 Å². The highest BCUT2D eigenvalue weighted by atomic mass is 32.2. The van der Waals surface area contributed by atoms with Gasteiger partial charge in [-0.15, -0.1) is 0 Å². The maximum Gasteiger partial charge on any atom is 0.339 e. The van der Waals surface area contributed by atoms with Gasteiger partial charge in [0.05, 0.1) is 0 Å². The summed E-state index contributed by atoms with van der Waals surface area (Å²) in [7, 11) is -4.16. The molecule has 0 aliphatic carbocycles. The van der Waals surface area contributed by atoms with Gasteiger partial charge in [0.1, 0.15) is 16.2 Å². The minimum absolute atomic E-state index is 0.0119. The van der Waals surface area contributed by atoms with E-state index in [4.69, 9.17) is 16.4 Å². The first-order chi connectivity index (χ1) is 14.3. The number of amides is 2. The van der Waals surface area contributed by atoms with E-state index < -0.39 is 21.9 Å². The van der Waals surface area contributed by atoms with Crippen LogP contribution in [0.2, 0.25) is 0 Å². The normalized spacial score (nSPS) is 14.3. The van der Waals surface area contributed by atoms with E-state index in [1.54, 1.807) is 24.3 Å². The molecule has 1 fully saturated rings. The fraction of sp³-hybridized carbons (Fsp3) is 0. The van der Waals surface area contributed by atoms with Gasteiger partial charge < -0.3 is 4.18 Å². The molecule has 1 heterocycles. The average Bonchev–Trinajstić information content (AvgIpc) is 2.71. The fourth-order valence-electron chi connectivity index (χ4n) is 2.93. The van der Waals surface area contributed by atoms with Crippen LogP contribution in [0.25, 0.3) is 16.8 Å². The average molecular weight is 438 g/mol. The van der Waals surface area contributed by atoms with E-state index >= 15 is 0 Å². The molecule has 2 N–H and O–H groups in total. The molecule has 0 unspecified atom stereocenters. The van der Waals surface area contributed by atoms with Crippen LogP contribution in [0.5, 0.6) is 5.75 Å². The van der Waals surface area contributed by atoms with Gasteiger partial charge in [0.15, 0.2) is 5.11 Å². The molecule has 150 valence electrons. The van der Waals surface area contributed by atoms with Crippen molar-refractivity contribution in [3.8, 4) is 5.75 Å². The van der Waals surface area contributed by atoms with Crippen LogP contribution >= 0.6 is 12.2 Å². The van der Waals surface area contributed by atoms with Gasteiger partial charge in [0.25, 0.3) is 11.8 Å². The Balaban J connectivity index is 1.70. The van der Waals surface area contributed by atoms with E-state index in [1.165, 1.54) is 30.3 Å². The summed E-state index contributed by atoms with van der Waals surface area (Å²) in [5.41, 5.74) is 0.0257. The van der Waals surface area contributed by atoms with E-state index in [0.717, 1.165) is 10.8 Å². The number of nitrogens with one attached hydrogen (secondary N) is 2. The largest absolute Gasteiger partial charge is 0.378 e. The minimum atomic E-state index is -4.16. The van der Waals surface area contributed by atoms with Crippen LogP contribution < -0.4 is 14.8 Å². The number of rotatable bonds is 4. The van der Waals surface area contributed by atoms with Gasteiger partial charge in [-0.25, -0.2) is 0 Å². The minimum Gasteiger partial charge on any atom is -0.378 e. The Morgan fingerprint density at radius 2 is 1.47 bits per heavy atom. The number of carbonyl (C=O) groups excluding carboxylic acids is 2. The molecular weight excluding hydrogens is 424 g/mol. The van der Waals surface area contributed by atoms with Gasteiger partial charge >= 0.3 is 10.1 Å². The zero-order chi connectivity index (χ0) is 21.3. The molecule has 7 nitrogen and oxygen atoms in total. The summed E-state index contributed by atoms with van der Waals surface area (Å²) >= 11 is 4.77. The van der Waals surface area contributed by atoms with E-state index in [-0.39, 0.29) is 26.9 Å². The van der Waals surface area contributed by atoms with Crippen molar-refractivity contribution in [2.24, 2.45) is 0 Å². The van der Waals surface area contributed by atoms with E-state index in [9.17, 15) is 18.0 Å². The zero-order valence-corrected chi connectivity index (χ0v) is 16.9. The van der Waals surface area contributed by atoms with Gasteiger partial charge in [-0.3, -0.25) is 20.2 Å². The number of hydrogen-bond donors (Lipinski definition) is 2. The Morgan fingerprint density at radius 3 is 2.20 bits per heavy atom. The summed E-state index contributed by atoms with van der Waals surface area (Å²) in [5.74, 6) is -1.39. The molecule has 1 aliphatic heterocycles. The SMILES string of the molecule is O=C1NC(=S)NC(=O)C1=Cc1ccccc1OS(=O)(=O)c1ccc2ccccc2c1. The lowest BCUT2D eigenvalue weighted by Gasteiger charge is -2.17. The summed E-state index contributed by atoms with van der Waals surface area (Å²) in [6.07, 6.45) is 1.25. The molecule has 0 saturated carbocycles. The lowest BCUT2D eigenvalue weighted by molar-refractivity contribution is -0.123. The molecule has 0 atom stereocenters. The van der Waals surface area contributed by atoms with E-state index in [2.05, 4.69) is 10.6 Å². The summed E-state index contributed by atoms with van der Waals surface area (Å²) in [6.45, 7) is 0. The molecular formula is C21H14N2O5S2. The fourth-order valence-corrected chi connectivity index (χ4v) is 4.10. The third kappa shape index (κ3) is 3.93. The summed E-state index contributed by atoms with van der Waals surface area (Å²) < 4.78 is 31.0. The molecule has 0 spiro atoms. The molecule has 30 heavy (non-hydrogen) atoms. The van der Waals surface area contributed by atoms with Crippen LogP contribution in [0.3, 0.4) is 0 Å². The van der Waals surface area contributed by atoms with Gasteiger partial charge in [-0.05, 0) is 47.3 Å². The Hall–Kier alpha value is -3.56. The second-order valence-electron chi connectivity index (χ2n) is 6.38. The Morgan fingerprint density at radius 1 is 0.833 bits per heavy atom. The summed E-state index contributed by atoms with van der Waals surface area (Å²) in [6, 6.07) is 18.2. The standard InChI is InChI=1S/C21H14N2O5S2/c24-19-17(20(25)23-21(29)22-19)12-15-7-3-4-8-18(15)28-30(26,27)16-10-9-13-5-1-2-6-14(13)11-16/h1-12H,(H2,22,23,24,25,29). The quantitative estimate of drug-likeness (QED) is 0.281. The molecule has 1 aliphatic rings. The number of benzene rings is 3. The lowest BCUT2D eigenvalue weighted by atomic mass is 10.1. The second kappa shape index (κ2) is 7.69. The van der Waals surface area contributed by atoms with Crippen LogP contribution in [-0.2, 0) is 19.7 Å². The molecule has 0 aromatic heterocycles. The molecule has 9 heteroatoms. The topological polar surface area (TPSA) is 102 Å². The monoisotopic (exact) mass is 438 g/mol. The zero-order valence-electron chi connectivity index (χ0n) is 15.3. The number of carbonyl (C=O) groups is 2.